The van der Waals surface area contributed by atoms with Gasteiger partial charge >= 0.3 is 5.97 Å². The molecule has 8 nitrogen and oxygen atoms in total. The highest BCUT2D eigenvalue weighted by Crippen LogP contribution is 2.21. The van der Waals surface area contributed by atoms with Gasteiger partial charge in [0.2, 0.25) is 10.0 Å². The Balaban J connectivity index is 1.85. The van der Waals surface area contributed by atoms with Gasteiger partial charge in [-0.15, -0.1) is 0 Å². The molecular formula is C18H19ClN2O6S. The SMILES string of the molecule is Cc1cc(OCC(=O)OC(C)C(=O)Nc2ccc(S(N)(=O)=O)cc2)ccc1Cl. The van der Waals surface area contributed by atoms with Crippen LogP contribution >= 0.6 is 11.6 Å². The number of carbonyl (C=O) groups excluding carboxylic acids is 2. The third kappa shape index (κ3) is 6.22. The van der Waals surface area contributed by atoms with Crippen molar-refractivity contribution in [3.63, 3.8) is 0 Å². The molecule has 0 heterocycles. The molecule has 0 saturated carbocycles. The van der Waals surface area contributed by atoms with E-state index in [0.29, 0.717) is 16.5 Å². The normalized spacial score (nSPS) is 12.1. The minimum absolute atomic E-state index is 0.0837. The van der Waals surface area contributed by atoms with E-state index in [0.717, 1.165) is 5.56 Å². The van der Waals surface area contributed by atoms with Gasteiger partial charge in [-0.3, -0.25) is 4.79 Å². The van der Waals surface area contributed by atoms with Crippen molar-refractivity contribution in [3.8, 4) is 5.75 Å². The predicted octanol–water partition coefficient (Wildman–Crippen LogP) is 2.25. The van der Waals surface area contributed by atoms with Crippen LogP contribution in [0, 0.1) is 6.92 Å². The van der Waals surface area contributed by atoms with Crippen LogP contribution in [0.2, 0.25) is 5.02 Å². The number of rotatable bonds is 7. The molecular weight excluding hydrogens is 408 g/mol. The molecule has 3 N–H and O–H groups in total. The standard InChI is InChI=1S/C18H19ClN2O6S/c1-11-9-14(5-8-16(11)19)26-10-17(22)27-12(2)18(23)21-13-3-6-15(7-4-13)28(20,24)25/h3-9,12H,10H2,1-2H3,(H,21,23)(H2,20,24,25). The van der Waals surface area contributed by atoms with Gasteiger partial charge in [-0.25, -0.2) is 18.4 Å². The Hall–Kier alpha value is -2.62. The summed E-state index contributed by atoms with van der Waals surface area (Å²) in [7, 11) is -3.82. The van der Waals surface area contributed by atoms with E-state index in [-0.39, 0.29) is 11.5 Å². The van der Waals surface area contributed by atoms with Crippen LogP contribution in [0.15, 0.2) is 47.4 Å². The van der Waals surface area contributed by atoms with E-state index in [2.05, 4.69) is 5.32 Å². The van der Waals surface area contributed by atoms with Crippen LogP contribution in [0.25, 0.3) is 0 Å². The number of nitrogens with one attached hydrogen (secondary N) is 1. The molecule has 0 aliphatic rings. The van der Waals surface area contributed by atoms with Crippen molar-refractivity contribution in [3.05, 3.63) is 53.1 Å². The molecule has 2 aromatic rings. The number of nitrogens with two attached hydrogens (primary N) is 1. The number of ether oxygens (including phenoxy) is 2. The second kappa shape index (κ2) is 9.05. The summed E-state index contributed by atoms with van der Waals surface area (Å²) in [5, 5.41) is 8.09. The van der Waals surface area contributed by atoms with Crippen molar-refractivity contribution < 1.29 is 27.5 Å². The summed E-state index contributed by atoms with van der Waals surface area (Å²) in [6.07, 6.45) is -1.08. The Morgan fingerprint density at radius 2 is 1.82 bits per heavy atom. The van der Waals surface area contributed by atoms with Crippen LogP contribution in [0.3, 0.4) is 0 Å². The van der Waals surface area contributed by atoms with Gasteiger partial charge in [0.1, 0.15) is 5.75 Å². The third-order valence-corrected chi connectivity index (χ3v) is 4.97. The number of hydrogen-bond acceptors (Lipinski definition) is 6. The Morgan fingerprint density at radius 3 is 2.39 bits per heavy atom. The lowest BCUT2D eigenvalue weighted by molar-refractivity contribution is -0.155. The van der Waals surface area contributed by atoms with Crippen LogP contribution in [0.1, 0.15) is 12.5 Å². The third-order valence-electron chi connectivity index (χ3n) is 3.61. The smallest absolute Gasteiger partial charge is 0.344 e. The topological polar surface area (TPSA) is 125 Å². The van der Waals surface area contributed by atoms with E-state index in [4.69, 9.17) is 26.2 Å². The predicted molar refractivity (Wildman–Crippen MR) is 104 cm³/mol. The summed E-state index contributed by atoms with van der Waals surface area (Å²) >= 11 is 5.92. The molecule has 2 aromatic carbocycles. The maximum Gasteiger partial charge on any atom is 0.344 e. The fourth-order valence-corrected chi connectivity index (χ4v) is 2.74. The molecule has 0 aliphatic carbocycles. The number of aryl methyl sites for hydroxylation is 1. The van der Waals surface area contributed by atoms with E-state index in [9.17, 15) is 18.0 Å². The van der Waals surface area contributed by atoms with Gasteiger partial charge in [-0.05, 0) is 61.9 Å². The van der Waals surface area contributed by atoms with Crippen LogP contribution in [0.5, 0.6) is 5.75 Å². The van der Waals surface area contributed by atoms with Gasteiger partial charge in [-0.2, -0.15) is 0 Å². The summed E-state index contributed by atoms with van der Waals surface area (Å²) in [4.78, 5) is 23.9. The molecule has 1 atom stereocenters. The van der Waals surface area contributed by atoms with Crippen molar-refractivity contribution in [2.24, 2.45) is 5.14 Å². The monoisotopic (exact) mass is 426 g/mol. The first kappa shape index (κ1) is 21.7. The Kier molecular flexibility index (Phi) is 7.00. The molecule has 2 rings (SSSR count). The first-order valence-corrected chi connectivity index (χ1v) is 10.0. The molecule has 0 spiro atoms. The summed E-state index contributed by atoms with van der Waals surface area (Å²) in [6, 6.07) is 10.2. The van der Waals surface area contributed by atoms with E-state index in [1.165, 1.54) is 31.2 Å². The first-order valence-electron chi connectivity index (χ1n) is 8.08. The molecule has 0 aliphatic heterocycles. The molecule has 10 heteroatoms. The average molecular weight is 427 g/mol. The van der Waals surface area contributed by atoms with Crippen molar-refractivity contribution in [1.29, 1.82) is 0 Å². The maximum absolute atomic E-state index is 12.1. The lowest BCUT2D eigenvalue weighted by atomic mass is 10.2. The molecule has 1 amide bonds. The summed E-state index contributed by atoms with van der Waals surface area (Å²) < 4.78 is 32.8. The Morgan fingerprint density at radius 1 is 1.18 bits per heavy atom. The molecule has 150 valence electrons. The van der Waals surface area contributed by atoms with Gasteiger partial charge in [0.05, 0.1) is 4.90 Å². The van der Waals surface area contributed by atoms with E-state index in [1.54, 1.807) is 25.1 Å². The second-order valence-corrected chi connectivity index (χ2v) is 7.86. The first-order chi connectivity index (χ1) is 13.1. The number of anilines is 1. The van der Waals surface area contributed by atoms with Gasteiger partial charge in [0.15, 0.2) is 12.7 Å². The largest absolute Gasteiger partial charge is 0.482 e. The minimum atomic E-state index is -3.82. The van der Waals surface area contributed by atoms with Crippen LogP contribution in [-0.4, -0.2) is 33.0 Å². The number of primary sulfonamides is 1. The Labute approximate surface area is 167 Å². The van der Waals surface area contributed by atoms with E-state index < -0.39 is 28.0 Å². The molecule has 0 bridgehead atoms. The van der Waals surface area contributed by atoms with Crippen LogP contribution in [0.4, 0.5) is 5.69 Å². The quantitative estimate of drug-likeness (QED) is 0.654. The van der Waals surface area contributed by atoms with Crippen LogP contribution < -0.4 is 15.2 Å². The lowest BCUT2D eigenvalue weighted by Crippen LogP contribution is -2.31. The van der Waals surface area contributed by atoms with Gasteiger partial charge in [0.25, 0.3) is 5.91 Å². The average Bonchev–Trinajstić information content (AvgIpc) is 2.62. The second-order valence-electron chi connectivity index (χ2n) is 5.89. The molecule has 0 aromatic heterocycles. The number of esters is 1. The summed E-state index contributed by atoms with van der Waals surface area (Å²) in [5.41, 5.74) is 1.13. The Bertz CT molecular complexity index is 976. The highest BCUT2D eigenvalue weighted by molar-refractivity contribution is 7.89. The van der Waals surface area contributed by atoms with Gasteiger partial charge in [-0.1, -0.05) is 11.6 Å². The molecule has 1 unspecified atom stereocenters. The fraction of sp³-hybridized carbons (Fsp3) is 0.222. The zero-order valence-electron chi connectivity index (χ0n) is 15.1. The number of benzene rings is 2. The highest BCUT2D eigenvalue weighted by atomic mass is 35.5. The maximum atomic E-state index is 12.1. The summed E-state index contributed by atoms with van der Waals surface area (Å²) in [6.45, 7) is 2.83. The molecule has 28 heavy (non-hydrogen) atoms. The van der Waals surface area contributed by atoms with E-state index in [1.807, 2.05) is 0 Å². The number of halogens is 1. The molecule has 0 fully saturated rings. The zero-order chi connectivity index (χ0) is 20.9. The zero-order valence-corrected chi connectivity index (χ0v) is 16.7. The fourth-order valence-electron chi connectivity index (χ4n) is 2.11. The molecule has 0 saturated heterocycles. The number of amides is 1. The van der Waals surface area contributed by atoms with E-state index >= 15 is 0 Å². The minimum Gasteiger partial charge on any atom is -0.482 e. The van der Waals surface area contributed by atoms with Crippen molar-refractivity contribution >= 4 is 39.2 Å². The molecule has 0 radical (unpaired) electrons. The van der Waals surface area contributed by atoms with Crippen molar-refractivity contribution in [2.45, 2.75) is 24.8 Å². The lowest BCUT2D eigenvalue weighted by Gasteiger charge is -2.14. The van der Waals surface area contributed by atoms with Crippen LogP contribution in [-0.2, 0) is 24.3 Å². The number of carbonyl (C=O) groups is 2. The van der Waals surface area contributed by atoms with Gasteiger partial charge in [0, 0.05) is 10.7 Å². The highest BCUT2D eigenvalue weighted by Gasteiger charge is 2.19. The number of hydrogen-bond donors (Lipinski definition) is 2. The van der Waals surface area contributed by atoms with Crippen molar-refractivity contribution in [2.75, 3.05) is 11.9 Å². The number of sulfonamides is 1. The van der Waals surface area contributed by atoms with Crippen molar-refractivity contribution in [1.82, 2.24) is 0 Å². The van der Waals surface area contributed by atoms with Gasteiger partial charge < -0.3 is 14.8 Å². The summed E-state index contributed by atoms with van der Waals surface area (Å²) in [5.74, 6) is -0.857.